The molecule has 3 rings (SSSR count). The van der Waals surface area contributed by atoms with E-state index < -0.39 is 17.9 Å². The van der Waals surface area contributed by atoms with Crippen LogP contribution in [0.4, 0.5) is 14.6 Å². The second-order valence-corrected chi connectivity index (χ2v) is 7.42. The number of pyridine rings is 2. The number of aryl methyl sites for hydroxylation is 1. The predicted octanol–water partition coefficient (Wildman–Crippen LogP) is 2.46. The van der Waals surface area contributed by atoms with Gasteiger partial charge in [0.05, 0.1) is 6.04 Å². The second kappa shape index (κ2) is 8.18. The van der Waals surface area contributed by atoms with Crippen molar-refractivity contribution in [2.24, 2.45) is 18.7 Å². The highest BCUT2D eigenvalue weighted by Crippen LogP contribution is 2.37. The number of amides is 1. The van der Waals surface area contributed by atoms with E-state index in [4.69, 9.17) is 5.73 Å². The van der Waals surface area contributed by atoms with Gasteiger partial charge in [-0.15, -0.1) is 0 Å². The Morgan fingerprint density at radius 2 is 2.00 bits per heavy atom. The minimum Gasteiger partial charge on any atom is -0.320 e. The summed E-state index contributed by atoms with van der Waals surface area (Å²) in [6.07, 6.45) is 3.79. The van der Waals surface area contributed by atoms with Gasteiger partial charge < -0.3 is 15.6 Å². The summed E-state index contributed by atoms with van der Waals surface area (Å²) in [5, 5.41) is 2.68. The minimum absolute atomic E-state index is 0.0934. The van der Waals surface area contributed by atoms with Gasteiger partial charge in [0.15, 0.2) is 0 Å². The molecule has 1 unspecified atom stereocenters. The van der Waals surface area contributed by atoms with Crippen LogP contribution in [0, 0.1) is 5.92 Å². The zero-order chi connectivity index (χ0) is 20.3. The molecular weight excluding hydrogens is 366 g/mol. The van der Waals surface area contributed by atoms with Gasteiger partial charge in [0, 0.05) is 38.3 Å². The molecule has 6 nitrogen and oxygen atoms in total. The molecule has 1 fully saturated rings. The molecular formula is C20H24F2N4O2. The van der Waals surface area contributed by atoms with Gasteiger partial charge in [-0.1, -0.05) is 0 Å². The fourth-order valence-electron chi connectivity index (χ4n) is 3.43. The summed E-state index contributed by atoms with van der Waals surface area (Å²) >= 11 is 0. The van der Waals surface area contributed by atoms with Crippen molar-refractivity contribution in [2.45, 2.75) is 44.1 Å². The van der Waals surface area contributed by atoms with E-state index in [1.54, 1.807) is 37.6 Å². The van der Waals surface area contributed by atoms with Gasteiger partial charge in [-0.2, -0.15) is 0 Å². The van der Waals surface area contributed by atoms with Crippen LogP contribution in [-0.4, -0.2) is 27.4 Å². The lowest BCUT2D eigenvalue weighted by Crippen LogP contribution is -2.44. The summed E-state index contributed by atoms with van der Waals surface area (Å²) in [7, 11) is 1.68. The van der Waals surface area contributed by atoms with Crippen molar-refractivity contribution in [1.82, 2.24) is 9.55 Å². The van der Waals surface area contributed by atoms with Gasteiger partial charge in [-0.3, -0.25) is 9.59 Å². The number of carbonyl (C=O) groups excluding carboxylic acids is 1. The van der Waals surface area contributed by atoms with Crippen LogP contribution in [0.5, 0.6) is 0 Å². The van der Waals surface area contributed by atoms with Crippen molar-refractivity contribution >= 4 is 11.7 Å². The first-order valence-electron chi connectivity index (χ1n) is 9.28. The Bertz CT molecular complexity index is 903. The lowest BCUT2D eigenvalue weighted by atomic mass is 9.82. The number of hydrogen-bond donors (Lipinski definition) is 2. The van der Waals surface area contributed by atoms with Crippen LogP contribution in [0.15, 0.2) is 41.5 Å². The zero-order valence-electron chi connectivity index (χ0n) is 15.7. The first kappa shape index (κ1) is 20.1. The van der Waals surface area contributed by atoms with Crippen molar-refractivity contribution < 1.29 is 13.6 Å². The molecule has 0 radical (unpaired) electrons. The highest BCUT2D eigenvalue weighted by Gasteiger charge is 2.38. The van der Waals surface area contributed by atoms with Crippen molar-refractivity contribution in [3.63, 3.8) is 0 Å². The van der Waals surface area contributed by atoms with Gasteiger partial charge in [-0.25, -0.2) is 13.8 Å². The van der Waals surface area contributed by atoms with E-state index >= 15 is 0 Å². The van der Waals surface area contributed by atoms with E-state index in [1.807, 2.05) is 6.07 Å². The number of rotatable bonds is 5. The van der Waals surface area contributed by atoms with Crippen molar-refractivity contribution in [2.75, 3.05) is 5.32 Å². The van der Waals surface area contributed by atoms with E-state index in [0.29, 0.717) is 12.2 Å². The average Bonchev–Trinajstić information content (AvgIpc) is 2.64. The third-order valence-electron chi connectivity index (χ3n) is 5.22. The van der Waals surface area contributed by atoms with Crippen LogP contribution < -0.4 is 16.6 Å². The van der Waals surface area contributed by atoms with Crippen LogP contribution in [0.25, 0.3) is 0 Å². The van der Waals surface area contributed by atoms with Gasteiger partial charge in [-0.05, 0) is 54.5 Å². The van der Waals surface area contributed by atoms with Crippen LogP contribution in [0.2, 0.25) is 0 Å². The van der Waals surface area contributed by atoms with Crippen molar-refractivity contribution in [1.29, 1.82) is 0 Å². The summed E-state index contributed by atoms with van der Waals surface area (Å²) in [6.45, 7) is 0. The molecule has 1 atom stereocenters. The average molecular weight is 390 g/mol. The van der Waals surface area contributed by atoms with E-state index in [-0.39, 0.29) is 37.2 Å². The normalized spacial score (nSPS) is 17.9. The van der Waals surface area contributed by atoms with Gasteiger partial charge in [0.25, 0.3) is 5.56 Å². The zero-order valence-corrected chi connectivity index (χ0v) is 15.7. The molecule has 1 saturated carbocycles. The summed E-state index contributed by atoms with van der Waals surface area (Å²) < 4.78 is 28.1. The lowest BCUT2D eigenvalue weighted by molar-refractivity contribution is -0.120. The molecule has 1 aliphatic rings. The van der Waals surface area contributed by atoms with Crippen molar-refractivity contribution in [3.05, 3.63) is 58.1 Å². The third kappa shape index (κ3) is 5.01. The fourth-order valence-corrected chi connectivity index (χ4v) is 3.43. The van der Waals surface area contributed by atoms with Gasteiger partial charge in [0.2, 0.25) is 11.8 Å². The number of nitrogens with two attached hydrogens (primary N) is 1. The van der Waals surface area contributed by atoms with E-state index in [1.165, 1.54) is 4.57 Å². The maximum atomic E-state index is 13.3. The second-order valence-electron chi connectivity index (χ2n) is 7.42. The molecule has 0 saturated heterocycles. The minimum atomic E-state index is -2.65. The van der Waals surface area contributed by atoms with Gasteiger partial charge >= 0.3 is 0 Å². The van der Waals surface area contributed by atoms with Crippen LogP contribution in [-0.2, 0) is 18.3 Å². The molecule has 0 aromatic carbocycles. The first-order chi connectivity index (χ1) is 13.2. The largest absolute Gasteiger partial charge is 0.320 e. The Morgan fingerprint density at radius 3 is 2.68 bits per heavy atom. The van der Waals surface area contributed by atoms with Crippen LogP contribution >= 0.6 is 0 Å². The van der Waals surface area contributed by atoms with Gasteiger partial charge in [0.1, 0.15) is 5.82 Å². The number of nitrogens with zero attached hydrogens (tertiary/aromatic N) is 2. The Kier molecular flexibility index (Phi) is 5.88. The molecule has 2 aromatic heterocycles. The predicted molar refractivity (Wildman–Crippen MR) is 102 cm³/mol. The van der Waals surface area contributed by atoms with E-state index in [2.05, 4.69) is 10.3 Å². The summed E-state index contributed by atoms with van der Waals surface area (Å²) in [6, 6.07) is 6.09. The number of carbonyl (C=O) groups is 1. The van der Waals surface area contributed by atoms with Crippen molar-refractivity contribution in [3.8, 4) is 0 Å². The quantitative estimate of drug-likeness (QED) is 0.821. The molecule has 0 bridgehead atoms. The highest BCUT2D eigenvalue weighted by atomic mass is 19.3. The molecule has 1 aliphatic carbocycles. The Balaban J connectivity index is 1.62. The first-order valence-corrected chi connectivity index (χ1v) is 9.28. The number of halogens is 2. The number of nitrogens with one attached hydrogen (secondary N) is 1. The molecule has 0 spiro atoms. The topological polar surface area (TPSA) is 90.0 Å². The smallest absolute Gasteiger partial charge is 0.250 e. The van der Waals surface area contributed by atoms with E-state index in [9.17, 15) is 18.4 Å². The maximum Gasteiger partial charge on any atom is 0.250 e. The Hall–Kier alpha value is -2.61. The van der Waals surface area contributed by atoms with Crippen LogP contribution in [0.3, 0.4) is 0 Å². The molecule has 3 N–H and O–H groups in total. The molecule has 2 aromatic rings. The summed E-state index contributed by atoms with van der Waals surface area (Å²) in [5.74, 6) is -2.99. The highest BCUT2D eigenvalue weighted by molar-refractivity contribution is 5.94. The van der Waals surface area contributed by atoms with Crippen LogP contribution in [0.1, 0.15) is 36.8 Å². The molecule has 1 amide bonds. The fraction of sp³-hybridized carbons (Fsp3) is 0.450. The number of hydrogen-bond acceptors (Lipinski definition) is 4. The third-order valence-corrected chi connectivity index (χ3v) is 5.22. The maximum absolute atomic E-state index is 13.3. The standard InChI is InChI=1S/C20H24F2N4O2/c1-26-9-5-14(12-17(26)27)10-13-4-8-24-16(11-13)25-19(28)18(23)15-2-6-20(21,22)7-3-15/h4-5,8-9,11-12,15,18H,2-3,6-7,10,23H2,1H3,(H,24,25,28). The molecule has 8 heteroatoms. The Labute approximate surface area is 161 Å². The number of aromatic nitrogens is 2. The number of alkyl halides is 2. The molecule has 0 aliphatic heterocycles. The number of anilines is 1. The SMILES string of the molecule is Cn1ccc(Cc2ccnc(NC(=O)C(N)C3CCC(F)(F)CC3)c2)cc1=O. The molecule has 150 valence electrons. The Morgan fingerprint density at radius 1 is 1.32 bits per heavy atom. The monoisotopic (exact) mass is 390 g/mol. The molecule has 2 heterocycles. The molecule has 28 heavy (non-hydrogen) atoms. The van der Waals surface area contributed by atoms with E-state index in [0.717, 1.165) is 11.1 Å². The lowest BCUT2D eigenvalue weighted by Gasteiger charge is -2.31. The summed E-state index contributed by atoms with van der Waals surface area (Å²) in [4.78, 5) is 28.3. The summed E-state index contributed by atoms with van der Waals surface area (Å²) in [5.41, 5.74) is 7.64.